The highest BCUT2D eigenvalue weighted by molar-refractivity contribution is 8.00. The Morgan fingerprint density at radius 2 is 1.58 bits per heavy atom. The fourth-order valence-electron chi connectivity index (χ4n) is 4.37. The average Bonchev–Trinajstić information content (AvgIpc) is 3.50. The average molecular weight is 607 g/mol. The molecule has 0 bridgehead atoms. The van der Waals surface area contributed by atoms with Crippen molar-refractivity contribution in [2.24, 2.45) is 0 Å². The van der Waals surface area contributed by atoms with Gasteiger partial charge in [0.25, 0.3) is 0 Å². The number of rotatable bonds is 10. The number of thiazole rings is 1. The summed E-state index contributed by atoms with van der Waals surface area (Å²) in [7, 11) is 1.62. The highest BCUT2D eigenvalue weighted by Gasteiger charge is 2.22. The number of methoxy groups -OCH3 is 1. The third-order valence-corrected chi connectivity index (χ3v) is 8.54. The second kappa shape index (κ2) is 13.6. The molecule has 43 heavy (non-hydrogen) atoms. The monoisotopic (exact) mass is 606 g/mol. The SMILES string of the molecule is CCOc1ccc(-c2csc(NC(=O)C(C)Sc3nc(-c4ccc(OC)cc4)cc(-c4ccc(C)cc4)c3C#N)n2)cc1. The molecule has 0 radical (unpaired) electrons. The molecule has 2 aromatic heterocycles. The lowest BCUT2D eigenvalue weighted by atomic mass is 9.98. The van der Waals surface area contributed by atoms with E-state index in [4.69, 9.17) is 14.5 Å². The van der Waals surface area contributed by atoms with Gasteiger partial charge >= 0.3 is 0 Å². The Balaban J connectivity index is 1.40. The van der Waals surface area contributed by atoms with E-state index in [1.165, 1.54) is 23.1 Å². The van der Waals surface area contributed by atoms with Crippen molar-refractivity contribution < 1.29 is 14.3 Å². The highest BCUT2D eigenvalue weighted by atomic mass is 32.2. The Morgan fingerprint density at radius 1 is 0.953 bits per heavy atom. The van der Waals surface area contributed by atoms with E-state index < -0.39 is 5.25 Å². The number of pyridine rings is 1. The smallest absolute Gasteiger partial charge is 0.239 e. The van der Waals surface area contributed by atoms with Crippen LogP contribution >= 0.6 is 23.1 Å². The molecule has 5 rings (SSSR count). The minimum absolute atomic E-state index is 0.227. The van der Waals surface area contributed by atoms with E-state index >= 15 is 0 Å². The number of nitrogens with zero attached hydrogens (tertiary/aromatic N) is 3. The van der Waals surface area contributed by atoms with Crippen LogP contribution in [0.2, 0.25) is 0 Å². The largest absolute Gasteiger partial charge is 0.497 e. The fourth-order valence-corrected chi connectivity index (χ4v) is 6.01. The van der Waals surface area contributed by atoms with Gasteiger partial charge < -0.3 is 14.8 Å². The summed E-state index contributed by atoms with van der Waals surface area (Å²) >= 11 is 2.61. The number of nitriles is 1. The second-order valence-corrected chi connectivity index (χ2v) is 11.9. The zero-order valence-corrected chi connectivity index (χ0v) is 25.9. The molecule has 0 aliphatic carbocycles. The van der Waals surface area contributed by atoms with Crippen molar-refractivity contribution in [3.05, 3.63) is 95.4 Å². The minimum Gasteiger partial charge on any atom is -0.497 e. The summed E-state index contributed by atoms with van der Waals surface area (Å²) in [4.78, 5) is 22.8. The third kappa shape index (κ3) is 7.05. The summed E-state index contributed by atoms with van der Waals surface area (Å²) < 4.78 is 10.8. The van der Waals surface area contributed by atoms with Crippen LogP contribution < -0.4 is 14.8 Å². The van der Waals surface area contributed by atoms with Crippen molar-refractivity contribution in [1.29, 1.82) is 5.26 Å². The van der Waals surface area contributed by atoms with Gasteiger partial charge in [-0.15, -0.1) is 11.3 Å². The number of aryl methyl sites for hydroxylation is 1. The van der Waals surface area contributed by atoms with Crippen LogP contribution in [0.5, 0.6) is 11.5 Å². The van der Waals surface area contributed by atoms with Gasteiger partial charge in [0.05, 0.1) is 35.9 Å². The number of amides is 1. The van der Waals surface area contributed by atoms with Gasteiger partial charge in [0.1, 0.15) is 22.6 Å². The molecule has 1 atom stereocenters. The lowest BCUT2D eigenvalue weighted by Crippen LogP contribution is -2.22. The quantitative estimate of drug-likeness (QED) is 0.160. The number of thioether (sulfide) groups is 1. The molecule has 0 fully saturated rings. The number of ether oxygens (including phenoxy) is 2. The van der Waals surface area contributed by atoms with E-state index in [-0.39, 0.29) is 5.91 Å². The van der Waals surface area contributed by atoms with E-state index in [2.05, 4.69) is 16.4 Å². The first-order valence-corrected chi connectivity index (χ1v) is 15.5. The molecule has 3 aromatic carbocycles. The predicted octanol–water partition coefficient (Wildman–Crippen LogP) is 8.25. The molecule has 216 valence electrons. The molecule has 1 N–H and O–H groups in total. The van der Waals surface area contributed by atoms with Gasteiger partial charge in [-0.25, -0.2) is 9.97 Å². The van der Waals surface area contributed by atoms with Crippen molar-refractivity contribution in [3.8, 4) is 51.2 Å². The Bertz CT molecular complexity index is 1760. The standard InChI is InChI=1S/C34H30N4O3S2/c1-5-41-27-16-12-25(13-17-27)31-20-42-34(37-31)38-32(39)22(3)43-33-29(19-35)28(23-8-6-21(2)7-9-23)18-30(36-33)24-10-14-26(40-4)15-11-24/h6-18,20,22H,5H2,1-4H3,(H,37,38,39). The Kier molecular flexibility index (Phi) is 9.40. The van der Waals surface area contributed by atoms with Crippen LogP contribution in [0.4, 0.5) is 5.13 Å². The van der Waals surface area contributed by atoms with E-state index in [1.807, 2.05) is 98.1 Å². The Hall–Kier alpha value is -4.65. The summed E-state index contributed by atoms with van der Waals surface area (Å²) in [5.74, 6) is 1.31. The molecule has 2 heterocycles. The van der Waals surface area contributed by atoms with E-state index in [9.17, 15) is 10.1 Å². The van der Waals surface area contributed by atoms with Crippen molar-refractivity contribution in [2.75, 3.05) is 19.0 Å². The molecule has 1 unspecified atom stereocenters. The van der Waals surface area contributed by atoms with Gasteiger partial charge in [-0.05, 0) is 80.9 Å². The molecular weight excluding hydrogens is 577 g/mol. The van der Waals surface area contributed by atoms with Crippen LogP contribution in [0.1, 0.15) is 25.0 Å². The van der Waals surface area contributed by atoms with Crippen LogP contribution in [0, 0.1) is 18.3 Å². The Labute approximate surface area is 259 Å². The Morgan fingerprint density at radius 3 is 2.21 bits per heavy atom. The van der Waals surface area contributed by atoms with Crippen molar-refractivity contribution >= 4 is 34.1 Å². The van der Waals surface area contributed by atoms with Crippen molar-refractivity contribution in [3.63, 3.8) is 0 Å². The van der Waals surface area contributed by atoms with Gasteiger partial charge in [0.2, 0.25) is 5.91 Å². The topological polar surface area (TPSA) is 97.1 Å². The molecule has 0 aliphatic heterocycles. The third-order valence-electron chi connectivity index (χ3n) is 6.70. The van der Waals surface area contributed by atoms with E-state index in [1.54, 1.807) is 14.0 Å². The molecule has 7 nitrogen and oxygen atoms in total. The first-order valence-electron chi connectivity index (χ1n) is 13.7. The van der Waals surface area contributed by atoms with Gasteiger partial charge in [-0.1, -0.05) is 41.6 Å². The fraction of sp³-hybridized carbons (Fsp3) is 0.176. The molecular formula is C34H30N4O3S2. The van der Waals surface area contributed by atoms with Crippen LogP contribution in [-0.2, 0) is 4.79 Å². The van der Waals surface area contributed by atoms with Crippen LogP contribution in [0.25, 0.3) is 33.6 Å². The van der Waals surface area contributed by atoms with Crippen molar-refractivity contribution in [2.45, 2.75) is 31.0 Å². The number of carbonyl (C=O) groups excluding carboxylic acids is 1. The number of carbonyl (C=O) groups is 1. The lowest BCUT2D eigenvalue weighted by molar-refractivity contribution is -0.115. The van der Waals surface area contributed by atoms with Gasteiger partial charge in [0.15, 0.2) is 5.13 Å². The number of aromatic nitrogens is 2. The molecule has 0 spiro atoms. The summed E-state index contributed by atoms with van der Waals surface area (Å²) in [6, 6.07) is 27.6. The molecule has 1 amide bonds. The number of hydrogen-bond donors (Lipinski definition) is 1. The van der Waals surface area contributed by atoms with Crippen LogP contribution in [0.3, 0.4) is 0 Å². The molecule has 5 aromatic rings. The molecule has 0 saturated heterocycles. The maximum atomic E-state index is 13.3. The summed E-state index contributed by atoms with van der Waals surface area (Å²) in [6.45, 7) is 6.37. The maximum absolute atomic E-state index is 13.3. The normalized spacial score (nSPS) is 11.4. The first-order chi connectivity index (χ1) is 20.9. The number of anilines is 1. The van der Waals surface area contributed by atoms with Gasteiger partial charge in [-0.2, -0.15) is 5.26 Å². The van der Waals surface area contributed by atoms with E-state index in [0.717, 1.165) is 45.0 Å². The lowest BCUT2D eigenvalue weighted by Gasteiger charge is -2.15. The highest BCUT2D eigenvalue weighted by Crippen LogP contribution is 2.36. The van der Waals surface area contributed by atoms with Crippen molar-refractivity contribution in [1.82, 2.24) is 9.97 Å². The van der Waals surface area contributed by atoms with Crippen LogP contribution in [-0.4, -0.2) is 34.8 Å². The summed E-state index contributed by atoms with van der Waals surface area (Å²) in [6.07, 6.45) is 0. The summed E-state index contributed by atoms with van der Waals surface area (Å²) in [5.41, 5.74) is 6.50. The zero-order chi connectivity index (χ0) is 30.3. The number of hydrogen-bond acceptors (Lipinski definition) is 8. The molecule has 0 aliphatic rings. The van der Waals surface area contributed by atoms with Gasteiger partial charge in [0, 0.05) is 22.1 Å². The molecule has 0 saturated carbocycles. The minimum atomic E-state index is -0.547. The zero-order valence-electron chi connectivity index (χ0n) is 24.3. The summed E-state index contributed by atoms with van der Waals surface area (Å²) in [5, 5.41) is 15.5. The van der Waals surface area contributed by atoms with Gasteiger partial charge in [-0.3, -0.25) is 4.79 Å². The first kappa shape index (κ1) is 29.8. The van der Waals surface area contributed by atoms with Crippen LogP contribution in [0.15, 0.2) is 89.3 Å². The number of benzene rings is 3. The number of nitrogens with one attached hydrogen (secondary N) is 1. The van der Waals surface area contributed by atoms with E-state index in [0.29, 0.717) is 28.0 Å². The predicted molar refractivity (Wildman–Crippen MR) is 174 cm³/mol. The second-order valence-electron chi connectivity index (χ2n) is 9.69. The molecule has 9 heteroatoms. The maximum Gasteiger partial charge on any atom is 0.239 e.